The van der Waals surface area contributed by atoms with Crippen LogP contribution in [0.5, 0.6) is 17.2 Å². The largest absolute Gasteiger partial charge is 0.494 e. The lowest BCUT2D eigenvalue weighted by Gasteiger charge is -2.37. The molecule has 0 spiro atoms. The minimum atomic E-state index is -0.402. The fraction of sp³-hybridized carbons (Fsp3) is 0.500. The number of rotatable bonds is 14. The van der Waals surface area contributed by atoms with Crippen molar-refractivity contribution < 1.29 is 28.5 Å². The topological polar surface area (TPSA) is 63.2 Å². The van der Waals surface area contributed by atoms with Crippen LogP contribution in [0.25, 0.3) is 0 Å². The van der Waals surface area contributed by atoms with E-state index in [2.05, 4.69) is 13.8 Å². The Balaban J connectivity index is 1.32. The van der Waals surface area contributed by atoms with E-state index in [4.69, 9.17) is 23.7 Å². The lowest BCUT2D eigenvalue weighted by molar-refractivity contribution is -0.138. The monoisotopic (exact) mass is 442 g/mol. The summed E-state index contributed by atoms with van der Waals surface area (Å²) in [5.41, 5.74) is 0.683. The van der Waals surface area contributed by atoms with E-state index in [0.717, 1.165) is 63.6 Å². The van der Waals surface area contributed by atoms with Crippen molar-refractivity contribution in [3.8, 4) is 17.2 Å². The summed E-state index contributed by atoms with van der Waals surface area (Å²) in [6, 6.07) is 14.1. The van der Waals surface area contributed by atoms with Gasteiger partial charge < -0.3 is 23.7 Å². The van der Waals surface area contributed by atoms with Gasteiger partial charge in [0.15, 0.2) is 0 Å². The number of ether oxygens (including phenoxy) is 5. The molecule has 1 heterocycles. The highest BCUT2D eigenvalue weighted by Crippen LogP contribution is 2.26. The Morgan fingerprint density at radius 3 is 2.00 bits per heavy atom. The number of carbonyl (C=O) groups is 1. The van der Waals surface area contributed by atoms with Gasteiger partial charge in [0.1, 0.15) is 17.2 Å². The molecule has 32 heavy (non-hydrogen) atoms. The van der Waals surface area contributed by atoms with Crippen LogP contribution < -0.4 is 14.2 Å². The molecule has 0 radical (unpaired) electrons. The third kappa shape index (κ3) is 7.84. The second-order valence-electron chi connectivity index (χ2n) is 8.50. The molecule has 0 N–H and O–H groups in total. The van der Waals surface area contributed by atoms with Gasteiger partial charge in [-0.05, 0) is 67.8 Å². The number of esters is 1. The standard InChI is InChI=1S/C26H34O6/c1-3-4-16-30-22-9-7-21(8-10-22)25(27)32-24-13-11-23(12-14-24)31-17-6-5-15-28-18-26(2)19-29-20-26/h7-14H,3-6,15-20H2,1-2H3. The van der Waals surface area contributed by atoms with Crippen LogP contribution in [-0.2, 0) is 9.47 Å². The number of carbonyl (C=O) groups excluding carboxylic acids is 1. The molecule has 0 bridgehead atoms. The quantitative estimate of drug-likeness (QED) is 0.225. The summed E-state index contributed by atoms with van der Waals surface area (Å²) < 4.78 is 27.8. The smallest absolute Gasteiger partial charge is 0.343 e. The first kappa shape index (κ1) is 24.1. The first-order valence-electron chi connectivity index (χ1n) is 11.4. The number of unbranched alkanes of at least 4 members (excludes halogenated alkanes) is 2. The van der Waals surface area contributed by atoms with Gasteiger partial charge in [0, 0.05) is 12.0 Å². The molecule has 0 aromatic heterocycles. The molecule has 0 unspecified atom stereocenters. The molecule has 0 atom stereocenters. The van der Waals surface area contributed by atoms with Crippen molar-refractivity contribution in [2.24, 2.45) is 5.41 Å². The van der Waals surface area contributed by atoms with Gasteiger partial charge >= 0.3 is 5.97 Å². The minimum Gasteiger partial charge on any atom is -0.494 e. The summed E-state index contributed by atoms with van der Waals surface area (Å²) >= 11 is 0. The van der Waals surface area contributed by atoms with Gasteiger partial charge in [-0.25, -0.2) is 4.79 Å². The summed E-state index contributed by atoms with van der Waals surface area (Å²) in [7, 11) is 0. The highest BCUT2D eigenvalue weighted by atomic mass is 16.5. The maximum absolute atomic E-state index is 12.3. The van der Waals surface area contributed by atoms with E-state index in [1.165, 1.54) is 0 Å². The van der Waals surface area contributed by atoms with Crippen LogP contribution in [0.15, 0.2) is 48.5 Å². The van der Waals surface area contributed by atoms with Crippen LogP contribution in [0.2, 0.25) is 0 Å². The van der Waals surface area contributed by atoms with E-state index in [1.807, 2.05) is 0 Å². The van der Waals surface area contributed by atoms with E-state index in [-0.39, 0.29) is 5.41 Å². The predicted octanol–water partition coefficient (Wildman–Crippen LogP) is 5.30. The summed E-state index contributed by atoms with van der Waals surface area (Å²) in [5, 5.41) is 0. The third-order valence-corrected chi connectivity index (χ3v) is 5.19. The fourth-order valence-electron chi connectivity index (χ4n) is 3.14. The molecule has 6 nitrogen and oxygen atoms in total. The van der Waals surface area contributed by atoms with Crippen molar-refractivity contribution in [1.82, 2.24) is 0 Å². The Labute approximate surface area is 190 Å². The molecule has 0 amide bonds. The van der Waals surface area contributed by atoms with Crippen molar-refractivity contribution in [3.05, 3.63) is 54.1 Å². The Morgan fingerprint density at radius 2 is 1.41 bits per heavy atom. The Bertz CT molecular complexity index is 811. The molecule has 1 fully saturated rings. The molecule has 2 aromatic carbocycles. The lowest BCUT2D eigenvalue weighted by Crippen LogP contribution is -2.43. The average molecular weight is 443 g/mol. The first-order chi connectivity index (χ1) is 15.6. The van der Waals surface area contributed by atoms with Gasteiger partial charge in [-0.3, -0.25) is 0 Å². The maximum atomic E-state index is 12.3. The number of hydrogen-bond acceptors (Lipinski definition) is 6. The zero-order valence-electron chi connectivity index (χ0n) is 19.1. The Kier molecular flexibility index (Phi) is 9.38. The summed E-state index contributed by atoms with van der Waals surface area (Å²) in [4.78, 5) is 12.3. The molecule has 3 rings (SSSR count). The number of benzene rings is 2. The predicted molar refractivity (Wildman–Crippen MR) is 123 cm³/mol. The van der Waals surface area contributed by atoms with Gasteiger partial charge in [0.25, 0.3) is 0 Å². The van der Waals surface area contributed by atoms with Crippen LogP contribution in [0.3, 0.4) is 0 Å². The van der Waals surface area contributed by atoms with Gasteiger partial charge in [0.05, 0.1) is 38.6 Å². The molecule has 1 aliphatic rings. The van der Waals surface area contributed by atoms with Crippen LogP contribution in [0.4, 0.5) is 0 Å². The molecule has 2 aromatic rings. The SMILES string of the molecule is CCCCOc1ccc(C(=O)Oc2ccc(OCCCCOCC3(C)COC3)cc2)cc1. The molecule has 1 saturated heterocycles. The average Bonchev–Trinajstić information content (AvgIpc) is 2.79. The summed E-state index contributed by atoms with van der Waals surface area (Å²) in [6.07, 6.45) is 3.96. The van der Waals surface area contributed by atoms with Crippen molar-refractivity contribution in [1.29, 1.82) is 0 Å². The van der Waals surface area contributed by atoms with Crippen LogP contribution >= 0.6 is 0 Å². The second kappa shape index (κ2) is 12.5. The molecular formula is C26H34O6. The van der Waals surface area contributed by atoms with Crippen molar-refractivity contribution >= 4 is 5.97 Å². The summed E-state index contributed by atoms with van der Waals surface area (Å²) in [5.74, 6) is 1.58. The molecule has 0 aliphatic carbocycles. The van der Waals surface area contributed by atoms with Crippen LogP contribution in [0, 0.1) is 5.41 Å². The van der Waals surface area contributed by atoms with Gasteiger partial charge in [-0.2, -0.15) is 0 Å². The van der Waals surface area contributed by atoms with Crippen molar-refractivity contribution in [2.75, 3.05) is 39.6 Å². The van der Waals surface area contributed by atoms with E-state index in [0.29, 0.717) is 24.5 Å². The highest BCUT2D eigenvalue weighted by Gasteiger charge is 2.33. The molecular weight excluding hydrogens is 408 g/mol. The van der Waals surface area contributed by atoms with Gasteiger partial charge in [-0.1, -0.05) is 20.3 Å². The molecule has 174 valence electrons. The Hall–Kier alpha value is -2.57. The van der Waals surface area contributed by atoms with Gasteiger partial charge in [0.2, 0.25) is 0 Å². The number of hydrogen-bond donors (Lipinski definition) is 0. The van der Waals surface area contributed by atoms with E-state index in [9.17, 15) is 4.79 Å². The zero-order chi connectivity index (χ0) is 22.7. The minimum absolute atomic E-state index is 0.202. The van der Waals surface area contributed by atoms with E-state index in [1.54, 1.807) is 48.5 Å². The van der Waals surface area contributed by atoms with E-state index >= 15 is 0 Å². The first-order valence-corrected chi connectivity index (χ1v) is 11.4. The van der Waals surface area contributed by atoms with Gasteiger partial charge in [-0.15, -0.1) is 0 Å². The van der Waals surface area contributed by atoms with Crippen molar-refractivity contribution in [2.45, 2.75) is 39.5 Å². The molecule has 0 saturated carbocycles. The molecule has 1 aliphatic heterocycles. The zero-order valence-corrected chi connectivity index (χ0v) is 19.1. The lowest BCUT2D eigenvalue weighted by atomic mass is 9.90. The highest BCUT2D eigenvalue weighted by molar-refractivity contribution is 5.91. The van der Waals surface area contributed by atoms with Crippen LogP contribution in [0.1, 0.15) is 49.9 Å². The normalized spacial score (nSPS) is 14.4. The van der Waals surface area contributed by atoms with E-state index < -0.39 is 5.97 Å². The second-order valence-corrected chi connectivity index (χ2v) is 8.50. The maximum Gasteiger partial charge on any atom is 0.343 e. The van der Waals surface area contributed by atoms with Crippen LogP contribution in [-0.4, -0.2) is 45.6 Å². The Morgan fingerprint density at radius 1 is 0.844 bits per heavy atom. The van der Waals surface area contributed by atoms with Crippen molar-refractivity contribution in [3.63, 3.8) is 0 Å². The summed E-state index contributed by atoms with van der Waals surface area (Å²) in [6.45, 7) is 8.67. The third-order valence-electron chi connectivity index (χ3n) is 5.19. The fourth-order valence-corrected chi connectivity index (χ4v) is 3.14. The molecule has 6 heteroatoms.